The first-order chi connectivity index (χ1) is 14.0. The van der Waals surface area contributed by atoms with Crippen LogP contribution in [0, 0.1) is 23.7 Å². The summed E-state index contributed by atoms with van der Waals surface area (Å²) in [4.78, 5) is 11.0. The number of alkyl halides is 3. The van der Waals surface area contributed by atoms with Crippen molar-refractivity contribution in [3.63, 3.8) is 0 Å². The van der Waals surface area contributed by atoms with Crippen LogP contribution in [0.25, 0.3) is 0 Å². The lowest BCUT2D eigenvalue weighted by Gasteiger charge is -2.43. The summed E-state index contributed by atoms with van der Waals surface area (Å²) < 4.78 is 40.2. The number of rotatable bonds is 7. The van der Waals surface area contributed by atoms with Crippen molar-refractivity contribution in [2.45, 2.75) is 88.0 Å². The highest BCUT2D eigenvalue weighted by Gasteiger charge is 2.42. The summed E-state index contributed by atoms with van der Waals surface area (Å²) in [6.07, 6.45) is 7.92. The molecule has 0 heterocycles. The van der Waals surface area contributed by atoms with Crippen molar-refractivity contribution in [2.24, 2.45) is 23.7 Å². The Hall–Kier alpha value is -0.680. The maximum absolute atomic E-state index is 15.1. The highest BCUT2D eigenvalue weighted by atomic mass is 35.5. The van der Waals surface area contributed by atoms with Gasteiger partial charge in [-0.25, -0.2) is 13.6 Å². The van der Waals surface area contributed by atoms with E-state index in [1.54, 1.807) is 0 Å². The third kappa shape index (κ3) is 6.40. The van der Waals surface area contributed by atoms with Crippen molar-refractivity contribution in [3.8, 4) is 0 Å². The predicted molar refractivity (Wildman–Crippen MR) is 110 cm³/mol. The molecule has 166 valence electrons. The minimum absolute atomic E-state index is 0.00327. The maximum Gasteiger partial charge on any atom is 0.330 e. The highest BCUT2D eigenvalue weighted by molar-refractivity contribution is 6.20. The number of carbonyl (C=O) groups excluding carboxylic acids is 1. The molecule has 29 heavy (non-hydrogen) atoms. The standard InChI is InChI=1S/C23H35ClF2O3/c1-2-23(27)29-12-11-28-18-7-3-15(4-8-18)19-9-5-16(13-21(19)25)20-10-6-17(24)14-22(20)26/h2,15-22H,1,3-14H2. The molecule has 0 radical (unpaired) electrons. The summed E-state index contributed by atoms with van der Waals surface area (Å²) in [5.74, 6) is 0.269. The molecule has 3 saturated carbocycles. The fraction of sp³-hybridized carbons (Fsp3) is 0.870. The zero-order valence-electron chi connectivity index (χ0n) is 17.2. The molecule has 0 bridgehead atoms. The van der Waals surface area contributed by atoms with Crippen molar-refractivity contribution < 1.29 is 23.0 Å². The largest absolute Gasteiger partial charge is 0.460 e. The Morgan fingerprint density at radius 1 is 0.897 bits per heavy atom. The van der Waals surface area contributed by atoms with Crippen molar-refractivity contribution in [1.82, 2.24) is 0 Å². The lowest BCUT2D eigenvalue weighted by Crippen LogP contribution is -2.40. The van der Waals surface area contributed by atoms with E-state index in [0.29, 0.717) is 25.4 Å². The Morgan fingerprint density at radius 3 is 2.17 bits per heavy atom. The van der Waals surface area contributed by atoms with Gasteiger partial charge in [0.15, 0.2) is 0 Å². The number of hydrogen-bond donors (Lipinski definition) is 0. The van der Waals surface area contributed by atoms with Crippen molar-refractivity contribution in [3.05, 3.63) is 12.7 Å². The van der Waals surface area contributed by atoms with Gasteiger partial charge in [-0.05, 0) is 87.9 Å². The highest BCUT2D eigenvalue weighted by Crippen LogP contribution is 2.47. The fourth-order valence-corrected chi connectivity index (χ4v) is 6.11. The van der Waals surface area contributed by atoms with E-state index in [4.69, 9.17) is 21.1 Å². The normalized spacial score (nSPS) is 40.9. The Morgan fingerprint density at radius 2 is 1.52 bits per heavy atom. The lowest BCUT2D eigenvalue weighted by molar-refractivity contribution is -0.140. The minimum atomic E-state index is -0.863. The van der Waals surface area contributed by atoms with Gasteiger partial charge in [0.2, 0.25) is 0 Å². The molecule has 0 amide bonds. The van der Waals surface area contributed by atoms with Gasteiger partial charge in [0.25, 0.3) is 0 Å². The van der Waals surface area contributed by atoms with Crippen LogP contribution >= 0.6 is 11.6 Å². The first kappa shape index (κ1) is 23.0. The van der Waals surface area contributed by atoms with Gasteiger partial charge in [0.1, 0.15) is 19.0 Å². The molecule has 0 aromatic carbocycles. The Kier molecular flexibility index (Phi) is 8.79. The molecule has 0 N–H and O–H groups in total. The smallest absolute Gasteiger partial charge is 0.330 e. The van der Waals surface area contributed by atoms with E-state index >= 15 is 4.39 Å². The van der Waals surface area contributed by atoms with E-state index in [1.165, 1.54) is 0 Å². The number of carbonyl (C=O) groups is 1. The van der Waals surface area contributed by atoms with Crippen LogP contribution in [-0.2, 0) is 14.3 Å². The van der Waals surface area contributed by atoms with Gasteiger partial charge < -0.3 is 9.47 Å². The summed E-state index contributed by atoms with van der Waals surface area (Å²) in [6, 6.07) is 0. The van der Waals surface area contributed by atoms with Crippen molar-refractivity contribution in [1.29, 1.82) is 0 Å². The van der Waals surface area contributed by atoms with Crippen LogP contribution in [0.5, 0.6) is 0 Å². The minimum Gasteiger partial charge on any atom is -0.460 e. The predicted octanol–water partition coefficient (Wildman–Crippen LogP) is 5.79. The lowest BCUT2D eigenvalue weighted by atomic mass is 9.65. The third-order valence-electron chi connectivity index (χ3n) is 7.40. The molecule has 6 heteroatoms. The second-order valence-corrected chi connectivity index (χ2v) is 9.74. The van der Waals surface area contributed by atoms with Crippen molar-refractivity contribution in [2.75, 3.05) is 13.2 Å². The second kappa shape index (κ2) is 11.1. The van der Waals surface area contributed by atoms with Crippen LogP contribution in [0.15, 0.2) is 12.7 Å². The van der Waals surface area contributed by atoms with Gasteiger partial charge >= 0.3 is 5.97 Å². The van der Waals surface area contributed by atoms with E-state index in [-0.39, 0.29) is 35.8 Å². The molecule has 3 fully saturated rings. The van der Waals surface area contributed by atoms with Gasteiger partial charge in [-0.3, -0.25) is 0 Å². The second-order valence-electron chi connectivity index (χ2n) is 9.12. The number of ether oxygens (including phenoxy) is 2. The summed E-state index contributed by atoms with van der Waals surface area (Å²) in [5.41, 5.74) is 0. The quantitative estimate of drug-likeness (QED) is 0.221. The number of halogens is 3. The average Bonchev–Trinajstić information content (AvgIpc) is 2.71. The number of hydrogen-bond acceptors (Lipinski definition) is 3. The molecule has 3 rings (SSSR count). The zero-order chi connectivity index (χ0) is 20.8. The third-order valence-corrected chi connectivity index (χ3v) is 7.80. The molecule has 6 unspecified atom stereocenters. The monoisotopic (exact) mass is 432 g/mol. The van der Waals surface area contributed by atoms with Crippen LogP contribution in [0.4, 0.5) is 8.78 Å². The molecule has 3 nitrogen and oxygen atoms in total. The van der Waals surface area contributed by atoms with Crippen LogP contribution < -0.4 is 0 Å². The van der Waals surface area contributed by atoms with Crippen LogP contribution in [0.1, 0.15) is 64.2 Å². The van der Waals surface area contributed by atoms with Gasteiger partial charge in [0.05, 0.1) is 12.7 Å². The SMILES string of the molecule is C=CC(=O)OCCOC1CCC(C2CCC(C3CCC(Cl)CC3F)CC2F)CC1. The topological polar surface area (TPSA) is 35.5 Å². The molecule has 3 aliphatic carbocycles. The van der Waals surface area contributed by atoms with E-state index in [2.05, 4.69) is 6.58 Å². The summed E-state index contributed by atoms with van der Waals surface area (Å²) >= 11 is 6.09. The van der Waals surface area contributed by atoms with E-state index in [1.807, 2.05) is 0 Å². The van der Waals surface area contributed by atoms with Gasteiger partial charge in [-0.2, -0.15) is 0 Å². The molecule has 0 aromatic heterocycles. The average molecular weight is 433 g/mol. The maximum atomic E-state index is 15.1. The fourth-order valence-electron chi connectivity index (χ4n) is 5.81. The van der Waals surface area contributed by atoms with E-state index in [0.717, 1.165) is 57.4 Å². The molecule has 0 aliphatic heterocycles. The van der Waals surface area contributed by atoms with Crippen LogP contribution in [0.3, 0.4) is 0 Å². The first-order valence-electron chi connectivity index (χ1n) is 11.3. The van der Waals surface area contributed by atoms with Gasteiger partial charge in [0, 0.05) is 11.5 Å². The number of esters is 1. The van der Waals surface area contributed by atoms with Gasteiger partial charge in [-0.1, -0.05) is 6.58 Å². The zero-order valence-corrected chi connectivity index (χ0v) is 18.0. The Bertz CT molecular complexity index is 538. The first-order valence-corrected chi connectivity index (χ1v) is 11.7. The molecular weight excluding hydrogens is 398 g/mol. The van der Waals surface area contributed by atoms with Gasteiger partial charge in [-0.15, -0.1) is 11.6 Å². The van der Waals surface area contributed by atoms with Crippen molar-refractivity contribution >= 4 is 17.6 Å². The Balaban J connectivity index is 1.37. The molecule has 6 atom stereocenters. The molecule has 0 spiro atoms. The molecule has 3 aliphatic rings. The Labute approximate surface area is 178 Å². The molecule has 0 aromatic rings. The van der Waals surface area contributed by atoms with Crippen LogP contribution in [-0.4, -0.2) is 43.0 Å². The summed E-state index contributed by atoms with van der Waals surface area (Å²) in [7, 11) is 0. The van der Waals surface area contributed by atoms with E-state index in [9.17, 15) is 9.18 Å². The summed E-state index contributed by atoms with van der Waals surface area (Å²) in [5, 5.41) is -0.0507. The summed E-state index contributed by atoms with van der Waals surface area (Å²) in [6.45, 7) is 3.98. The molecule has 0 saturated heterocycles. The van der Waals surface area contributed by atoms with E-state index < -0.39 is 18.3 Å². The molecular formula is C23H35ClF2O3. The van der Waals surface area contributed by atoms with Crippen LogP contribution in [0.2, 0.25) is 0 Å².